The molecule has 0 aliphatic carbocycles. The first kappa shape index (κ1) is 20.6. The zero-order chi connectivity index (χ0) is 19.4. The molecule has 1 atom stereocenters. The van der Waals surface area contributed by atoms with Crippen molar-refractivity contribution >= 4 is 33.0 Å². The minimum atomic E-state index is -3.49. The molecular formula is C18H23ClN2O4S2. The quantitative estimate of drug-likeness (QED) is 0.730. The Kier molecular flexibility index (Phi) is 6.78. The summed E-state index contributed by atoms with van der Waals surface area (Å²) in [6.07, 6.45) is -0.635. The van der Waals surface area contributed by atoms with Gasteiger partial charge in [-0.15, -0.1) is 11.3 Å². The molecule has 0 bridgehead atoms. The van der Waals surface area contributed by atoms with Crippen LogP contribution in [-0.2, 0) is 10.0 Å². The molecule has 0 saturated carbocycles. The Hall–Kier alpha value is -1.16. The molecule has 148 valence electrons. The molecule has 1 aromatic heterocycles. The molecule has 1 N–H and O–H groups in total. The van der Waals surface area contributed by atoms with E-state index in [9.17, 15) is 13.5 Å². The van der Waals surface area contributed by atoms with E-state index in [1.54, 1.807) is 12.1 Å². The summed E-state index contributed by atoms with van der Waals surface area (Å²) in [5.74, 6) is 0.766. The maximum Gasteiger partial charge on any atom is 0.252 e. The van der Waals surface area contributed by atoms with Gasteiger partial charge in [0.15, 0.2) is 0 Å². The second-order valence-corrected chi connectivity index (χ2v) is 10.4. The van der Waals surface area contributed by atoms with E-state index in [0.29, 0.717) is 37.1 Å². The zero-order valence-electron chi connectivity index (χ0n) is 15.0. The second kappa shape index (κ2) is 8.89. The van der Waals surface area contributed by atoms with E-state index in [1.807, 2.05) is 31.2 Å². The highest BCUT2D eigenvalue weighted by atomic mass is 35.5. The van der Waals surface area contributed by atoms with Crippen LogP contribution in [0.4, 0.5) is 0 Å². The Morgan fingerprint density at radius 1 is 1.19 bits per heavy atom. The topological polar surface area (TPSA) is 70.1 Å². The number of aryl methyl sites for hydroxylation is 1. The number of halogens is 1. The molecule has 1 fully saturated rings. The van der Waals surface area contributed by atoms with Crippen molar-refractivity contribution in [3.8, 4) is 5.75 Å². The zero-order valence-corrected chi connectivity index (χ0v) is 17.4. The number of β-amino-alcohol motifs (C(OH)–C–C–N with tert-alkyl or cyclic N) is 1. The third-order valence-electron chi connectivity index (χ3n) is 4.47. The smallest absolute Gasteiger partial charge is 0.252 e. The molecule has 2 aromatic rings. The van der Waals surface area contributed by atoms with Crippen molar-refractivity contribution < 1.29 is 18.3 Å². The SMILES string of the molecule is Cc1ccccc1OCC(O)CN1CCN(S(=O)(=O)c2ccc(Cl)s2)CC1. The van der Waals surface area contributed by atoms with Gasteiger partial charge in [0.1, 0.15) is 22.7 Å². The molecule has 0 radical (unpaired) electrons. The van der Waals surface area contributed by atoms with Crippen LogP contribution >= 0.6 is 22.9 Å². The van der Waals surface area contributed by atoms with Gasteiger partial charge < -0.3 is 9.84 Å². The Labute approximate surface area is 169 Å². The molecular weight excluding hydrogens is 408 g/mol. The van der Waals surface area contributed by atoms with E-state index >= 15 is 0 Å². The summed E-state index contributed by atoms with van der Waals surface area (Å²) in [7, 11) is -3.49. The van der Waals surface area contributed by atoms with Gasteiger partial charge >= 0.3 is 0 Å². The molecule has 1 saturated heterocycles. The van der Waals surface area contributed by atoms with Crippen molar-refractivity contribution in [2.45, 2.75) is 17.2 Å². The number of benzene rings is 1. The molecule has 6 nitrogen and oxygen atoms in total. The number of aliphatic hydroxyl groups is 1. The van der Waals surface area contributed by atoms with Crippen LogP contribution in [0.5, 0.6) is 5.75 Å². The monoisotopic (exact) mass is 430 g/mol. The number of sulfonamides is 1. The highest BCUT2D eigenvalue weighted by Crippen LogP contribution is 2.28. The van der Waals surface area contributed by atoms with Crippen LogP contribution in [0.3, 0.4) is 0 Å². The minimum Gasteiger partial charge on any atom is -0.491 e. The standard InChI is InChI=1S/C18H23ClN2O4S2/c1-14-4-2-3-5-16(14)25-13-15(22)12-20-8-10-21(11-9-20)27(23,24)18-7-6-17(19)26-18/h2-7,15,22H,8-13H2,1H3. The normalized spacial score (nSPS) is 17.7. The fourth-order valence-electron chi connectivity index (χ4n) is 2.97. The first-order valence-corrected chi connectivity index (χ1v) is 11.3. The van der Waals surface area contributed by atoms with Crippen molar-refractivity contribution in [2.75, 3.05) is 39.3 Å². The van der Waals surface area contributed by atoms with Crippen molar-refractivity contribution in [1.29, 1.82) is 0 Å². The van der Waals surface area contributed by atoms with Gasteiger partial charge in [-0.2, -0.15) is 4.31 Å². The van der Waals surface area contributed by atoms with Gasteiger partial charge in [0, 0.05) is 32.7 Å². The number of nitrogens with zero attached hydrogens (tertiary/aromatic N) is 2. The highest BCUT2D eigenvalue weighted by Gasteiger charge is 2.30. The van der Waals surface area contributed by atoms with E-state index in [4.69, 9.17) is 16.3 Å². The third kappa shape index (κ3) is 5.22. The van der Waals surface area contributed by atoms with Crippen LogP contribution in [0, 0.1) is 6.92 Å². The Bertz CT molecular complexity index is 864. The molecule has 1 aliphatic heterocycles. The van der Waals surface area contributed by atoms with E-state index in [1.165, 1.54) is 4.31 Å². The van der Waals surface area contributed by atoms with E-state index in [-0.39, 0.29) is 10.8 Å². The molecule has 27 heavy (non-hydrogen) atoms. The average Bonchev–Trinajstić information content (AvgIpc) is 3.09. The summed E-state index contributed by atoms with van der Waals surface area (Å²) in [4.78, 5) is 2.05. The fourth-order valence-corrected chi connectivity index (χ4v) is 6.03. The number of piperazine rings is 1. The molecule has 2 heterocycles. The molecule has 0 spiro atoms. The predicted octanol–water partition coefficient (Wildman–Crippen LogP) is 2.46. The van der Waals surface area contributed by atoms with Gasteiger partial charge in [-0.25, -0.2) is 8.42 Å². The molecule has 1 aliphatic rings. The number of hydrogen-bond donors (Lipinski definition) is 1. The first-order chi connectivity index (χ1) is 12.9. The lowest BCUT2D eigenvalue weighted by atomic mass is 10.2. The van der Waals surface area contributed by atoms with Crippen molar-refractivity contribution in [1.82, 2.24) is 9.21 Å². The number of para-hydroxylation sites is 1. The van der Waals surface area contributed by atoms with E-state index in [0.717, 1.165) is 22.6 Å². The van der Waals surface area contributed by atoms with Gasteiger partial charge in [-0.05, 0) is 30.7 Å². The van der Waals surface area contributed by atoms with Crippen molar-refractivity contribution in [3.05, 3.63) is 46.3 Å². The number of ether oxygens (including phenoxy) is 1. The van der Waals surface area contributed by atoms with Gasteiger partial charge in [0.05, 0.1) is 4.34 Å². The average molecular weight is 431 g/mol. The second-order valence-electron chi connectivity index (χ2n) is 6.49. The largest absolute Gasteiger partial charge is 0.491 e. The summed E-state index contributed by atoms with van der Waals surface area (Å²) < 4.78 is 33.1. The maximum atomic E-state index is 12.6. The lowest BCUT2D eigenvalue weighted by molar-refractivity contribution is 0.0567. The lowest BCUT2D eigenvalue weighted by Gasteiger charge is -2.34. The fraction of sp³-hybridized carbons (Fsp3) is 0.444. The van der Waals surface area contributed by atoms with Crippen LogP contribution in [0.1, 0.15) is 5.56 Å². The lowest BCUT2D eigenvalue weighted by Crippen LogP contribution is -2.50. The molecule has 1 aromatic carbocycles. The van der Waals surface area contributed by atoms with Gasteiger partial charge in [0.2, 0.25) is 0 Å². The number of thiophene rings is 1. The number of rotatable bonds is 7. The third-order valence-corrected chi connectivity index (χ3v) is 8.06. The molecule has 1 unspecified atom stereocenters. The van der Waals surface area contributed by atoms with Gasteiger partial charge in [0.25, 0.3) is 10.0 Å². The maximum absolute atomic E-state index is 12.6. The predicted molar refractivity (Wildman–Crippen MR) is 107 cm³/mol. The summed E-state index contributed by atoms with van der Waals surface area (Å²) >= 11 is 6.93. The number of hydrogen-bond acceptors (Lipinski definition) is 6. The summed E-state index contributed by atoms with van der Waals surface area (Å²) in [6.45, 7) is 4.54. The molecule has 0 amide bonds. The number of aliphatic hydroxyl groups excluding tert-OH is 1. The van der Waals surface area contributed by atoms with Crippen molar-refractivity contribution in [2.24, 2.45) is 0 Å². The molecule has 3 rings (SSSR count). The van der Waals surface area contributed by atoms with Gasteiger partial charge in [-0.3, -0.25) is 4.90 Å². The molecule has 9 heteroatoms. The highest BCUT2D eigenvalue weighted by molar-refractivity contribution is 7.91. The van der Waals surface area contributed by atoms with Crippen LogP contribution in [0.25, 0.3) is 0 Å². The van der Waals surface area contributed by atoms with E-state index in [2.05, 4.69) is 4.90 Å². The summed E-state index contributed by atoms with van der Waals surface area (Å²) in [5.41, 5.74) is 1.03. The van der Waals surface area contributed by atoms with Gasteiger partial charge in [-0.1, -0.05) is 29.8 Å². The minimum absolute atomic E-state index is 0.205. The van der Waals surface area contributed by atoms with Crippen LogP contribution in [-0.4, -0.2) is 68.2 Å². The Balaban J connectivity index is 1.47. The Morgan fingerprint density at radius 3 is 2.52 bits per heavy atom. The van der Waals surface area contributed by atoms with Crippen LogP contribution in [0.2, 0.25) is 4.34 Å². The first-order valence-electron chi connectivity index (χ1n) is 8.70. The summed E-state index contributed by atoms with van der Waals surface area (Å²) in [6, 6.07) is 10.8. The van der Waals surface area contributed by atoms with Crippen LogP contribution in [0.15, 0.2) is 40.6 Å². The van der Waals surface area contributed by atoms with E-state index < -0.39 is 16.1 Å². The van der Waals surface area contributed by atoms with Crippen LogP contribution < -0.4 is 4.74 Å². The Morgan fingerprint density at radius 2 is 1.89 bits per heavy atom. The van der Waals surface area contributed by atoms with Crippen molar-refractivity contribution in [3.63, 3.8) is 0 Å². The summed E-state index contributed by atoms with van der Waals surface area (Å²) in [5, 5.41) is 10.2.